The first-order valence-corrected chi connectivity index (χ1v) is 6.64. The maximum absolute atomic E-state index is 13.4. The molecule has 0 aliphatic carbocycles. The summed E-state index contributed by atoms with van der Waals surface area (Å²) in [7, 11) is 3.20. The van der Waals surface area contributed by atoms with Gasteiger partial charge in [-0.05, 0) is 40.7 Å². The Morgan fingerprint density at radius 3 is 2.48 bits per heavy atom. The van der Waals surface area contributed by atoms with Crippen LogP contribution in [0.3, 0.4) is 0 Å². The highest BCUT2D eigenvalue weighted by atomic mass is 79.9. The molecule has 0 fully saturated rings. The van der Waals surface area contributed by atoms with E-state index in [2.05, 4.69) is 31.6 Å². The molecule has 0 radical (unpaired) electrons. The van der Waals surface area contributed by atoms with Crippen LogP contribution in [0.5, 0.6) is 0 Å². The average Bonchev–Trinajstić information content (AvgIpc) is 2.72. The highest BCUT2D eigenvalue weighted by Crippen LogP contribution is 2.34. The SMILES string of the molecule is CNC(c1ccc(F)c(C(F)(F)F)c1)c1c(Br)nnn1C. The number of nitrogens with zero attached hydrogens (tertiary/aromatic N) is 3. The molecule has 1 atom stereocenters. The Labute approximate surface area is 126 Å². The monoisotopic (exact) mass is 366 g/mol. The topological polar surface area (TPSA) is 42.7 Å². The molecule has 0 saturated carbocycles. The molecule has 9 heteroatoms. The largest absolute Gasteiger partial charge is 0.419 e. The van der Waals surface area contributed by atoms with Crippen LogP contribution in [0.2, 0.25) is 0 Å². The highest BCUT2D eigenvalue weighted by Gasteiger charge is 2.35. The minimum absolute atomic E-state index is 0.261. The molecule has 1 aromatic heterocycles. The van der Waals surface area contributed by atoms with Gasteiger partial charge in [0.05, 0.1) is 17.3 Å². The van der Waals surface area contributed by atoms with E-state index in [0.717, 1.165) is 12.1 Å². The van der Waals surface area contributed by atoms with Gasteiger partial charge in [-0.3, -0.25) is 0 Å². The van der Waals surface area contributed by atoms with E-state index in [4.69, 9.17) is 0 Å². The van der Waals surface area contributed by atoms with E-state index >= 15 is 0 Å². The standard InChI is InChI=1S/C12H11BrF4N4/c1-18-9(10-11(13)19-20-21(10)2)6-3-4-8(14)7(5-6)12(15,16)17/h3-5,9,18H,1-2H3. The molecular formula is C12H11BrF4N4. The summed E-state index contributed by atoms with van der Waals surface area (Å²) < 4.78 is 53.6. The van der Waals surface area contributed by atoms with Gasteiger partial charge in [-0.2, -0.15) is 13.2 Å². The van der Waals surface area contributed by atoms with E-state index in [1.54, 1.807) is 14.1 Å². The van der Waals surface area contributed by atoms with Crippen LogP contribution in [0.4, 0.5) is 17.6 Å². The molecule has 1 aromatic carbocycles. The van der Waals surface area contributed by atoms with E-state index in [1.165, 1.54) is 10.7 Å². The second-order valence-corrected chi connectivity index (χ2v) is 5.10. The summed E-state index contributed by atoms with van der Waals surface area (Å²) >= 11 is 3.20. The lowest BCUT2D eigenvalue weighted by Gasteiger charge is -2.19. The molecular weight excluding hydrogens is 356 g/mol. The number of hydrogen-bond acceptors (Lipinski definition) is 3. The second kappa shape index (κ2) is 5.72. The normalized spacial score (nSPS) is 13.5. The Morgan fingerprint density at radius 1 is 1.33 bits per heavy atom. The zero-order valence-corrected chi connectivity index (χ0v) is 12.6. The Morgan fingerprint density at radius 2 is 2.00 bits per heavy atom. The summed E-state index contributed by atoms with van der Waals surface area (Å²) in [5.74, 6) is -1.30. The van der Waals surface area contributed by atoms with E-state index in [1.807, 2.05) is 0 Å². The molecule has 0 saturated heterocycles. The number of rotatable bonds is 3. The van der Waals surface area contributed by atoms with Gasteiger partial charge in [-0.1, -0.05) is 11.3 Å². The predicted molar refractivity (Wildman–Crippen MR) is 71.0 cm³/mol. The number of aromatic nitrogens is 3. The van der Waals surface area contributed by atoms with Crippen molar-refractivity contribution in [2.24, 2.45) is 7.05 Å². The van der Waals surface area contributed by atoms with Gasteiger partial charge < -0.3 is 5.32 Å². The maximum atomic E-state index is 13.4. The summed E-state index contributed by atoms with van der Waals surface area (Å²) in [6.07, 6.45) is -4.75. The van der Waals surface area contributed by atoms with Crippen molar-refractivity contribution in [1.29, 1.82) is 0 Å². The molecule has 1 unspecified atom stereocenters. The van der Waals surface area contributed by atoms with Gasteiger partial charge in [0.15, 0.2) is 4.60 Å². The molecule has 4 nitrogen and oxygen atoms in total. The third-order valence-electron chi connectivity index (χ3n) is 3.02. The van der Waals surface area contributed by atoms with Gasteiger partial charge in [0.1, 0.15) is 5.82 Å². The zero-order valence-electron chi connectivity index (χ0n) is 11.0. The third-order valence-corrected chi connectivity index (χ3v) is 3.58. The number of halogens is 5. The minimum Gasteiger partial charge on any atom is -0.308 e. The van der Waals surface area contributed by atoms with Crippen LogP contribution in [0, 0.1) is 5.82 Å². The van der Waals surface area contributed by atoms with E-state index in [-0.39, 0.29) is 5.56 Å². The Balaban J connectivity index is 2.54. The van der Waals surface area contributed by atoms with Crippen LogP contribution in [0.25, 0.3) is 0 Å². The molecule has 2 rings (SSSR count). The summed E-state index contributed by atoms with van der Waals surface area (Å²) in [5, 5.41) is 10.5. The first-order chi connectivity index (χ1) is 9.75. The molecule has 1 heterocycles. The Bertz CT molecular complexity index is 634. The maximum Gasteiger partial charge on any atom is 0.419 e. The van der Waals surface area contributed by atoms with Crippen molar-refractivity contribution in [2.75, 3.05) is 7.05 Å². The second-order valence-electron chi connectivity index (χ2n) is 4.35. The van der Waals surface area contributed by atoms with Gasteiger partial charge in [0.25, 0.3) is 0 Å². The summed E-state index contributed by atoms with van der Waals surface area (Å²) in [6, 6.07) is 2.28. The van der Waals surface area contributed by atoms with Crippen molar-refractivity contribution in [3.05, 3.63) is 45.4 Å². The molecule has 0 amide bonds. The number of benzene rings is 1. The zero-order chi connectivity index (χ0) is 15.8. The lowest BCUT2D eigenvalue weighted by atomic mass is 10.0. The number of nitrogens with one attached hydrogen (secondary N) is 1. The number of hydrogen-bond donors (Lipinski definition) is 1. The minimum atomic E-state index is -4.75. The van der Waals surface area contributed by atoms with Crippen molar-refractivity contribution in [2.45, 2.75) is 12.2 Å². The van der Waals surface area contributed by atoms with Crippen molar-refractivity contribution in [3.63, 3.8) is 0 Å². The van der Waals surface area contributed by atoms with E-state index < -0.39 is 23.6 Å². The molecule has 0 aliphatic heterocycles. The Hall–Kier alpha value is -1.48. The van der Waals surface area contributed by atoms with Crippen LogP contribution in [-0.4, -0.2) is 22.0 Å². The lowest BCUT2D eigenvalue weighted by Crippen LogP contribution is -2.22. The first kappa shape index (κ1) is 15.9. The average molecular weight is 367 g/mol. The lowest BCUT2D eigenvalue weighted by molar-refractivity contribution is -0.140. The molecule has 0 spiro atoms. The number of aryl methyl sites for hydroxylation is 1. The van der Waals surface area contributed by atoms with E-state index in [9.17, 15) is 17.6 Å². The van der Waals surface area contributed by atoms with Crippen molar-refractivity contribution >= 4 is 15.9 Å². The van der Waals surface area contributed by atoms with Crippen LogP contribution >= 0.6 is 15.9 Å². The molecule has 21 heavy (non-hydrogen) atoms. The van der Waals surface area contributed by atoms with Crippen molar-refractivity contribution in [3.8, 4) is 0 Å². The van der Waals surface area contributed by atoms with Crippen LogP contribution in [0.1, 0.15) is 22.9 Å². The van der Waals surface area contributed by atoms with Gasteiger partial charge in [-0.15, -0.1) is 5.10 Å². The van der Waals surface area contributed by atoms with Crippen LogP contribution < -0.4 is 5.32 Å². The molecule has 114 valence electrons. The summed E-state index contributed by atoms with van der Waals surface area (Å²) in [6.45, 7) is 0. The fourth-order valence-corrected chi connectivity index (χ4v) is 2.60. The number of alkyl halides is 3. The molecule has 2 aromatic rings. The quantitative estimate of drug-likeness (QED) is 0.849. The Kier molecular flexibility index (Phi) is 4.33. The summed E-state index contributed by atoms with van der Waals surface area (Å²) in [4.78, 5) is 0. The molecule has 0 aliphatic rings. The van der Waals surface area contributed by atoms with E-state index in [0.29, 0.717) is 10.3 Å². The fourth-order valence-electron chi connectivity index (χ4n) is 2.05. The predicted octanol–water partition coefficient (Wildman–Crippen LogP) is 3.04. The van der Waals surface area contributed by atoms with Crippen molar-refractivity contribution in [1.82, 2.24) is 20.3 Å². The molecule has 0 bridgehead atoms. The van der Waals surface area contributed by atoms with Gasteiger partial charge in [0, 0.05) is 7.05 Å². The summed E-state index contributed by atoms with van der Waals surface area (Å²) in [5.41, 5.74) is -0.499. The van der Waals surface area contributed by atoms with Gasteiger partial charge >= 0.3 is 6.18 Å². The highest BCUT2D eigenvalue weighted by molar-refractivity contribution is 9.10. The van der Waals surface area contributed by atoms with Crippen LogP contribution in [-0.2, 0) is 13.2 Å². The van der Waals surface area contributed by atoms with Crippen molar-refractivity contribution < 1.29 is 17.6 Å². The van der Waals surface area contributed by atoms with Gasteiger partial charge in [0.2, 0.25) is 0 Å². The first-order valence-electron chi connectivity index (χ1n) is 5.84. The van der Waals surface area contributed by atoms with Gasteiger partial charge in [-0.25, -0.2) is 9.07 Å². The van der Waals surface area contributed by atoms with Crippen LogP contribution in [0.15, 0.2) is 22.8 Å². The fraction of sp³-hybridized carbons (Fsp3) is 0.333. The smallest absolute Gasteiger partial charge is 0.308 e. The third kappa shape index (κ3) is 3.08. The molecule has 1 N–H and O–H groups in total.